The van der Waals surface area contributed by atoms with Gasteiger partial charge in [-0.05, 0) is 43.7 Å². The highest BCUT2D eigenvalue weighted by atomic mass is 16.5. The van der Waals surface area contributed by atoms with Crippen molar-refractivity contribution in [2.75, 3.05) is 25.1 Å². The molecular formula is C14H20N2O3. The van der Waals surface area contributed by atoms with Crippen LogP contribution in [-0.4, -0.2) is 35.8 Å². The van der Waals surface area contributed by atoms with Gasteiger partial charge in [0.05, 0.1) is 12.2 Å². The molecule has 1 aliphatic rings. The number of pyridine rings is 1. The van der Waals surface area contributed by atoms with Crippen LogP contribution in [0.25, 0.3) is 0 Å². The van der Waals surface area contributed by atoms with Gasteiger partial charge < -0.3 is 15.2 Å². The van der Waals surface area contributed by atoms with Crippen molar-refractivity contribution in [2.24, 2.45) is 5.41 Å². The lowest BCUT2D eigenvalue weighted by molar-refractivity contribution is 0.0526. The van der Waals surface area contributed by atoms with E-state index >= 15 is 0 Å². The molecule has 0 saturated heterocycles. The van der Waals surface area contributed by atoms with Crippen LogP contribution in [0.2, 0.25) is 0 Å². The van der Waals surface area contributed by atoms with Crippen LogP contribution in [0.1, 0.15) is 36.5 Å². The van der Waals surface area contributed by atoms with Gasteiger partial charge in [-0.2, -0.15) is 0 Å². The molecule has 0 radical (unpaired) electrons. The monoisotopic (exact) mass is 264 g/mol. The van der Waals surface area contributed by atoms with Crippen molar-refractivity contribution in [3.8, 4) is 0 Å². The molecule has 1 aromatic heterocycles. The Kier molecular flexibility index (Phi) is 4.37. The van der Waals surface area contributed by atoms with Gasteiger partial charge in [-0.3, -0.25) is 0 Å². The maximum atomic E-state index is 11.5. The summed E-state index contributed by atoms with van der Waals surface area (Å²) in [7, 11) is 0. The van der Waals surface area contributed by atoms with E-state index in [9.17, 15) is 4.79 Å². The van der Waals surface area contributed by atoms with Gasteiger partial charge in [-0.1, -0.05) is 0 Å². The first-order valence-corrected chi connectivity index (χ1v) is 6.67. The van der Waals surface area contributed by atoms with Crippen molar-refractivity contribution in [1.29, 1.82) is 0 Å². The minimum Gasteiger partial charge on any atom is -0.462 e. The summed E-state index contributed by atoms with van der Waals surface area (Å²) in [6.07, 6.45) is 4.66. The third-order valence-electron chi connectivity index (χ3n) is 3.52. The summed E-state index contributed by atoms with van der Waals surface area (Å²) in [5.74, 6) is 0.401. The molecule has 0 unspecified atom stereocenters. The fourth-order valence-corrected chi connectivity index (χ4v) is 2.04. The predicted molar refractivity (Wildman–Crippen MR) is 72.1 cm³/mol. The first kappa shape index (κ1) is 13.8. The lowest BCUT2D eigenvalue weighted by atomic mass is 10.0. The fraction of sp³-hybridized carbons (Fsp3) is 0.571. The van der Waals surface area contributed by atoms with Gasteiger partial charge in [0.25, 0.3) is 0 Å². The number of aliphatic hydroxyl groups excluding tert-OH is 1. The van der Waals surface area contributed by atoms with Crippen LogP contribution in [0.5, 0.6) is 0 Å². The quantitative estimate of drug-likeness (QED) is 0.735. The maximum absolute atomic E-state index is 11.5. The molecule has 0 spiro atoms. The van der Waals surface area contributed by atoms with Crippen LogP contribution in [0.3, 0.4) is 0 Å². The first-order chi connectivity index (χ1) is 9.19. The number of nitrogens with one attached hydrogen (secondary N) is 1. The molecule has 0 atom stereocenters. The van der Waals surface area contributed by atoms with Crippen LogP contribution in [-0.2, 0) is 4.74 Å². The number of hydrogen-bond acceptors (Lipinski definition) is 5. The Balaban J connectivity index is 1.87. The second kappa shape index (κ2) is 6.02. The largest absolute Gasteiger partial charge is 0.462 e. The van der Waals surface area contributed by atoms with E-state index in [1.165, 1.54) is 6.20 Å². The number of hydrogen-bond donors (Lipinski definition) is 2. The number of anilines is 1. The van der Waals surface area contributed by atoms with E-state index < -0.39 is 0 Å². The third kappa shape index (κ3) is 3.67. The molecule has 0 amide bonds. The van der Waals surface area contributed by atoms with E-state index in [2.05, 4.69) is 10.3 Å². The van der Waals surface area contributed by atoms with Gasteiger partial charge in [0.15, 0.2) is 0 Å². The van der Waals surface area contributed by atoms with Crippen molar-refractivity contribution in [2.45, 2.75) is 26.2 Å². The molecule has 1 heterocycles. The first-order valence-electron chi connectivity index (χ1n) is 6.67. The molecule has 5 heteroatoms. The van der Waals surface area contributed by atoms with Crippen molar-refractivity contribution in [3.05, 3.63) is 23.9 Å². The van der Waals surface area contributed by atoms with Crippen LogP contribution < -0.4 is 5.32 Å². The van der Waals surface area contributed by atoms with E-state index in [-0.39, 0.29) is 18.0 Å². The molecule has 1 aromatic rings. The molecular weight excluding hydrogens is 244 g/mol. The zero-order chi connectivity index (χ0) is 13.7. The highest BCUT2D eigenvalue weighted by molar-refractivity contribution is 5.89. The zero-order valence-corrected chi connectivity index (χ0v) is 11.2. The Morgan fingerprint density at radius 1 is 1.53 bits per heavy atom. The molecule has 0 aliphatic heterocycles. The molecule has 5 nitrogen and oxygen atoms in total. The zero-order valence-electron chi connectivity index (χ0n) is 11.2. The molecule has 1 saturated carbocycles. The molecule has 104 valence electrons. The molecule has 0 bridgehead atoms. The molecule has 2 N–H and O–H groups in total. The average Bonchev–Trinajstić information content (AvgIpc) is 3.18. The lowest BCUT2D eigenvalue weighted by Crippen LogP contribution is -2.17. The second-order valence-corrected chi connectivity index (χ2v) is 4.98. The molecule has 19 heavy (non-hydrogen) atoms. The minimum absolute atomic E-state index is 0.233. The molecule has 1 aliphatic carbocycles. The SMILES string of the molecule is CCOC(=O)c1ccc(NCC2(CCO)CC2)nc1. The Bertz CT molecular complexity index is 427. The number of nitrogens with zero attached hydrogens (tertiary/aromatic N) is 1. The fourth-order valence-electron chi connectivity index (χ4n) is 2.04. The van der Waals surface area contributed by atoms with E-state index in [0.29, 0.717) is 12.2 Å². The smallest absolute Gasteiger partial charge is 0.339 e. The summed E-state index contributed by atoms with van der Waals surface area (Å²) < 4.78 is 4.90. The molecule has 2 rings (SSSR count). The second-order valence-electron chi connectivity index (χ2n) is 4.98. The number of aliphatic hydroxyl groups is 1. The van der Waals surface area contributed by atoms with Gasteiger partial charge >= 0.3 is 5.97 Å². The summed E-state index contributed by atoms with van der Waals surface area (Å²) in [4.78, 5) is 15.7. The summed E-state index contributed by atoms with van der Waals surface area (Å²) in [6.45, 7) is 3.19. The van der Waals surface area contributed by atoms with Gasteiger partial charge in [0, 0.05) is 19.3 Å². The maximum Gasteiger partial charge on any atom is 0.339 e. The predicted octanol–water partition coefficient (Wildman–Crippen LogP) is 1.83. The van der Waals surface area contributed by atoms with Crippen molar-refractivity contribution < 1.29 is 14.6 Å². The number of rotatable bonds is 7. The Hall–Kier alpha value is -1.62. The van der Waals surface area contributed by atoms with Crippen LogP contribution in [0, 0.1) is 5.41 Å². The van der Waals surface area contributed by atoms with Crippen molar-refractivity contribution >= 4 is 11.8 Å². The third-order valence-corrected chi connectivity index (χ3v) is 3.52. The van der Waals surface area contributed by atoms with E-state index in [4.69, 9.17) is 9.84 Å². The van der Waals surface area contributed by atoms with Gasteiger partial charge in [-0.25, -0.2) is 9.78 Å². The van der Waals surface area contributed by atoms with Crippen LogP contribution in [0.15, 0.2) is 18.3 Å². The van der Waals surface area contributed by atoms with Crippen LogP contribution in [0.4, 0.5) is 5.82 Å². The van der Waals surface area contributed by atoms with Gasteiger partial charge in [0.1, 0.15) is 5.82 Å². The number of ether oxygens (including phenoxy) is 1. The Labute approximate surface area is 113 Å². The van der Waals surface area contributed by atoms with E-state index in [1.807, 2.05) is 0 Å². The summed E-state index contributed by atoms with van der Waals surface area (Å²) in [5.41, 5.74) is 0.708. The van der Waals surface area contributed by atoms with Crippen LogP contribution >= 0.6 is 0 Å². The number of esters is 1. The topological polar surface area (TPSA) is 71.5 Å². The van der Waals surface area contributed by atoms with E-state index in [1.54, 1.807) is 19.1 Å². The average molecular weight is 264 g/mol. The lowest BCUT2D eigenvalue weighted by Gasteiger charge is -2.14. The van der Waals surface area contributed by atoms with Gasteiger partial charge in [0.2, 0.25) is 0 Å². The Morgan fingerprint density at radius 2 is 2.32 bits per heavy atom. The number of aromatic nitrogens is 1. The molecule has 0 aromatic carbocycles. The number of carbonyl (C=O) groups is 1. The van der Waals surface area contributed by atoms with Crippen molar-refractivity contribution in [1.82, 2.24) is 4.98 Å². The standard InChI is InChI=1S/C14H20N2O3/c1-2-19-13(18)11-3-4-12(15-9-11)16-10-14(5-6-14)7-8-17/h3-4,9,17H,2,5-8,10H2,1H3,(H,15,16). The summed E-state index contributed by atoms with van der Waals surface area (Å²) in [5, 5.41) is 12.2. The normalized spacial score (nSPS) is 15.9. The Morgan fingerprint density at radius 3 is 2.84 bits per heavy atom. The molecule has 1 fully saturated rings. The number of carbonyl (C=O) groups excluding carboxylic acids is 1. The van der Waals surface area contributed by atoms with Gasteiger partial charge in [-0.15, -0.1) is 0 Å². The summed E-state index contributed by atoms with van der Waals surface area (Å²) >= 11 is 0. The van der Waals surface area contributed by atoms with E-state index in [0.717, 1.165) is 31.6 Å². The van der Waals surface area contributed by atoms with Crippen molar-refractivity contribution in [3.63, 3.8) is 0 Å². The highest BCUT2D eigenvalue weighted by Crippen LogP contribution is 2.48. The summed E-state index contributed by atoms with van der Waals surface area (Å²) in [6, 6.07) is 3.49. The highest BCUT2D eigenvalue weighted by Gasteiger charge is 2.41. The minimum atomic E-state index is -0.347.